The summed E-state index contributed by atoms with van der Waals surface area (Å²) in [4.78, 5) is 0. The molecule has 0 atom stereocenters. The van der Waals surface area contributed by atoms with E-state index in [1.54, 1.807) is 22.7 Å². The van der Waals surface area contributed by atoms with E-state index in [-0.39, 0.29) is 10.8 Å². The lowest BCUT2D eigenvalue weighted by molar-refractivity contribution is 0.590. The zero-order chi connectivity index (χ0) is 41.5. The number of aromatic nitrogens is 2. The Morgan fingerprint density at radius 3 is 1.18 bits per heavy atom. The van der Waals surface area contributed by atoms with Crippen molar-refractivity contribution >= 4 is 85.7 Å². The highest BCUT2D eigenvalue weighted by Gasteiger charge is 2.27. The summed E-state index contributed by atoms with van der Waals surface area (Å²) in [5.41, 5.74) is 16.7. The summed E-state index contributed by atoms with van der Waals surface area (Å²) in [6.07, 6.45) is 0. The molecule has 0 unspecified atom stereocenters. The van der Waals surface area contributed by atoms with E-state index in [1.165, 1.54) is 64.7 Å². The number of halogens is 2. The van der Waals surface area contributed by atoms with Gasteiger partial charge < -0.3 is 9.13 Å². The molecule has 10 aromatic rings. The minimum absolute atomic E-state index is 0.0283. The van der Waals surface area contributed by atoms with E-state index in [0.717, 1.165) is 42.7 Å². The molecular formula is C54H44Br2N2S2. The molecule has 0 amide bonds. The van der Waals surface area contributed by atoms with Crippen LogP contribution in [-0.4, -0.2) is 9.13 Å². The molecule has 0 spiro atoms. The van der Waals surface area contributed by atoms with Gasteiger partial charge in [-0.15, -0.1) is 22.7 Å². The van der Waals surface area contributed by atoms with Crippen molar-refractivity contribution < 1.29 is 0 Å². The summed E-state index contributed by atoms with van der Waals surface area (Å²) in [6.45, 7) is 13.7. The van der Waals surface area contributed by atoms with Crippen LogP contribution in [0.15, 0.2) is 165 Å². The van der Waals surface area contributed by atoms with E-state index in [4.69, 9.17) is 0 Å². The largest absolute Gasteiger partial charge is 0.308 e. The SMILES string of the molecule is CC(C)(C)c1ccc(-n2c(-c3c(Br)cccc3-c3csc4ccccc34)cc3c2cc(-c2c(Br)cccc2-c2csc4ccccc24)n3-c2ccc(C(C)(C)C)cc2)cc1. The summed E-state index contributed by atoms with van der Waals surface area (Å²) >= 11 is 11.8. The van der Waals surface area contributed by atoms with Crippen molar-refractivity contribution in [3.8, 4) is 56.1 Å². The molecule has 296 valence electrons. The van der Waals surface area contributed by atoms with E-state index in [1.807, 2.05) is 0 Å². The second-order valence-electron chi connectivity index (χ2n) is 17.7. The lowest BCUT2D eigenvalue weighted by atomic mass is 9.87. The maximum atomic E-state index is 4.10. The minimum Gasteiger partial charge on any atom is -0.308 e. The minimum atomic E-state index is 0.0283. The third-order valence-corrected chi connectivity index (χ3v) is 15.1. The van der Waals surface area contributed by atoms with Gasteiger partial charge in [-0.05, 0) is 105 Å². The van der Waals surface area contributed by atoms with E-state index in [0.29, 0.717) is 0 Å². The Hall–Kier alpha value is -4.98. The molecule has 0 fully saturated rings. The Morgan fingerprint density at radius 1 is 0.417 bits per heavy atom. The lowest BCUT2D eigenvalue weighted by Crippen LogP contribution is -2.11. The highest BCUT2D eigenvalue weighted by Crippen LogP contribution is 2.49. The summed E-state index contributed by atoms with van der Waals surface area (Å²) in [7, 11) is 0. The summed E-state index contributed by atoms with van der Waals surface area (Å²) in [6, 6.07) is 54.0. The first-order chi connectivity index (χ1) is 28.9. The zero-order valence-corrected chi connectivity index (χ0v) is 39.3. The van der Waals surface area contributed by atoms with Crippen molar-refractivity contribution in [2.24, 2.45) is 0 Å². The summed E-state index contributed by atoms with van der Waals surface area (Å²) in [5.74, 6) is 0. The van der Waals surface area contributed by atoms with Gasteiger partial charge in [0, 0.05) is 62.7 Å². The smallest absolute Gasteiger partial charge is 0.0724 e. The van der Waals surface area contributed by atoms with Crippen molar-refractivity contribution in [1.82, 2.24) is 9.13 Å². The van der Waals surface area contributed by atoms with Crippen LogP contribution in [0.2, 0.25) is 0 Å². The second kappa shape index (κ2) is 14.9. The molecular weight excluding hydrogens is 901 g/mol. The van der Waals surface area contributed by atoms with E-state index in [9.17, 15) is 0 Å². The molecule has 0 saturated carbocycles. The van der Waals surface area contributed by atoms with Crippen LogP contribution < -0.4 is 0 Å². The van der Waals surface area contributed by atoms with Gasteiger partial charge >= 0.3 is 0 Å². The Bertz CT molecular complexity index is 3010. The molecule has 0 aliphatic heterocycles. The van der Waals surface area contributed by atoms with Gasteiger partial charge in [0.2, 0.25) is 0 Å². The molecule has 10 rings (SSSR count). The van der Waals surface area contributed by atoms with Crippen molar-refractivity contribution in [3.05, 3.63) is 176 Å². The molecule has 0 bridgehead atoms. The highest BCUT2D eigenvalue weighted by atomic mass is 79.9. The third kappa shape index (κ3) is 6.64. The fraction of sp³-hybridized carbons (Fsp3) is 0.148. The molecule has 60 heavy (non-hydrogen) atoms. The number of nitrogens with zero attached hydrogens (tertiary/aromatic N) is 2. The maximum Gasteiger partial charge on any atom is 0.0724 e. The quantitative estimate of drug-likeness (QED) is 0.157. The fourth-order valence-corrected chi connectivity index (χ4v) is 11.7. The van der Waals surface area contributed by atoms with Gasteiger partial charge in [0.1, 0.15) is 0 Å². The topological polar surface area (TPSA) is 9.86 Å². The van der Waals surface area contributed by atoms with Crippen molar-refractivity contribution in [2.75, 3.05) is 0 Å². The summed E-state index contributed by atoms with van der Waals surface area (Å²) < 4.78 is 9.66. The van der Waals surface area contributed by atoms with Crippen LogP contribution in [-0.2, 0) is 10.8 Å². The van der Waals surface area contributed by atoms with Crippen molar-refractivity contribution in [3.63, 3.8) is 0 Å². The first-order valence-electron chi connectivity index (χ1n) is 20.4. The number of benzene rings is 6. The number of fused-ring (bicyclic) bond motifs is 3. The van der Waals surface area contributed by atoms with Crippen LogP contribution in [0.5, 0.6) is 0 Å². The van der Waals surface area contributed by atoms with Gasteiger partial charge in [-0.1, -0.05) is 158 Å². The second-order valence-corrected chi connectivity index (χ2v) is 21.2. The van der Waals surface area contributed by atoms with Crippen LogP contribution >= 0.6 is 54.5 Å². The predicted molar refractivity (Wildman–Crippen MR) is 268 cm³/mol. The van der Waals surface area contributed by atoms with E-state index in [2.05, 4.69) is 239 Å². The Kier molecular flexibility index (Phi) is 9.72. The Morgan fingerprint density at radius 2 is 0.800 bits per heavy atom. The van der Waals surface area contributed by atoms with E-state index < -0.39 is 0 Å². The monoisotopic (exact) mass is 942 g/mol. The molecule has 0 saturated heterocycles. The molecule has 0 N–H and O–H groups in total. The molecule has 4 heterocycles. The standard InChI is InChI=1S/C54H44Br2N2S2/c1-53(2,3)33-21-25-35(26-22-33)57-45-29-48(52-40(16-12-18-44(52)56)42-32-60-50-20-10-8-14-38(42)50)58(36-27-23-34(24-28-36)54(4,5)6)46(45)30-47(57)51-39(15-11-17-43(51)55)41-31-59-49-19-9-7-13-37(41)49/h7-32H,1-6H3. The first-order valence-corrected chi connectivity index (χ1v) is 23.7. The maximum absolute atomic E-state index is 4.10. The summed E-state index contributed by atoms with van der Waals surface area (Å²) in [5, 5.41) is 7.18. The van der Waals surface area contributed by atoms with Crippen LogP contribution in [0.4, 0.5) is 0 Å². The highest BCUT2D eigenvalue weighted by molar-refractivity contribution is 9.11. The lowest BCUT2D eigenvalue weighted by Gasteiger charge is -2.21. The van der Waals surface area contributed by atoms with Gasteiger partial charge in [0.05, 0.1) is 22.4 Å². The first kappa shape index (κ1) is 39.2. The van der Waals surface area contributed by atoms with Crippen LogP contribution in [0, 0.1) is 0 Å². The van der Waals surface area contributed by atoms with Gasteiger partial charge in [-0.25, -0.2) is 0 Å². The molecule has 6 aromatic carbocycles. The van der Waals surface area contributed by atoms with Gasteiger partial charge in [0.15, 0.2) is 0 Å². The Balaban J connectivity index is 1.32. The normalized spacial score (nSPS) is 12.3. The van der Waals surface area contributed by atoms with Crippen LogP contribution in [0.3, 0.4) is 0 Å². The Labute approximate surface area is 377 Å². The number of hydrogen-bond donors (Lipinski definition) is 0. The van der Waals surface area contributed by atoms with Gasteiger partial charge in [0.25, 0.3) is 0 Å². The van der Waals surface area contributed by atoms with Gasteiger partial charge in [-0.2, -0.15) is 0 Å². The molecule has 0 aliphatic carbocycles. The number of rotatable bonds is 6. The van der Waals surface area contributed by atoms with Crippen LogP contribution in [0.25, 0.3) is 87.3 Å². The molecule has 0 aliphatic rings. The fourth-order valence-electron chi connectivity index (χ4n) is 8.69. The average Bonchev–Trinajstić information content (AvgIpc) is 4.02. The van der Waals surface area contributed by atoms with Gasteiger partial charge in [-0.3, -0.25) is 0 Å². The van der Waals surface area contributed by atoms with E-state index >= 15 is 0 Å². The van der Waals surface area contributed by atoms with Crippen molar-refractivity contribution in [1.29, 1.82) is 0 Å². The number of thiophene rings is 2. The van der Waals surface area contributed by atoms with Crippen molar-refractivity contribution in [2.45, 2.75) is 52.4 Å². The number of hydrogen-bond acceptors (Lipinski definition) is 2. The molecule has 0 radical (unpaired) electrons. The third-order valence-electron chi connectivity index (χ3n) is 11.8. The molecule has 6 heteroatoms. The average molecular weight is 945 g/mol. The van der Waals surface area contributed by atoms with Crippen LogP contribution in [0.1, 0.15) is 52.7 Å². The predicted octanol–water partition coefficient (Wildman–Crippen LogP) is 17.6. The zero-order valence-electron chi connectivity index (χ0n) is 34.5. The molecule has 2 nitrogen and oxygen atoms in total. The molecule has 4 aromatic heterocycles.